The van der Waals surface area contributed by atoms with Gasteiger partial charge in [0.1, 0.15) is 0 Å². The number of hydrogen-bond donors (Lipinski definition) is 2. The summed E-state index contributed by atoms with van der Waals surface area (Å²) in [6, 6.07) is 8.61. The first-order valence-corrected chi connectivity index (χ1v) is 9.03. The number of anilines is 1. The molecule has 1 aliphatic heterocycles. The number of aliphatic imine (C=N–C) groups is 1. The smallest absolute Gasteiger partial charge is 0.246 e. The highest BCUT2D eigenvalue weighted by Crippen LogP contribution is 2.27. The molecular formula is C19H29IN4O. The van der Waals surface area contributed by atoms with Gasteiger partial charge >= 0.3 is 0 Å². The fraction of sp³-hybridized carbons (Fsp3) is 0.579. The highest BCUT2D eigenvalue weighted by Gasteiger charge is 2.24. The van der Waals surface area contributed by atoms with E-state index in [0.29, 0.717) is 6.04 Å². The fourth-order valence-corrected chi connectivity index (χ4v) is 3.64. The number of hydrogen-bond acceptors (Lipinski definition) is 2. The summed E-state index contributed by atoms with van der Waals surface area (Å²) in [5, 5.41) is 6.64. The monoisotopic (exact) mass is 456 g/mol. The van der Waals surface area contributed by atoms with Crippen LogP contribution in [0.5, 0.6) is 0 Å². The lowest BCUT2D eigenvalue weighted by atomic mass is 9.87. The Balaban J connectivity index is 0.00000225. The molecule has 0 bridgehead atoms. The van der Waals surface area contributed by atoms with Gasteiger partial charge in [-0.15, -0.1) is 24.0 Å². The lowest BCUT2D eigenvalue weighted by molar-refractivity contribution is -0.117. The van der Waals surface area contributed by atoms with Crippen molar-refractivity contribution < 1.29 is 4.79 Å². The summed E-state index contributed by atoms with van der Waals surface area (Å²) in [5.41, 5.74) is 2.30. The Bertz CT molecular complexity index is 611. The molecule has 1 aromatic rings. The highest BCUT2D eigenvalue weighted by atomic mass is 127. The zero-order valence-electron chi connectivity index (χ0n) is 15.1. The molecule has 1 aromatic carbocycles. The lowest BCUT2D eigenvalue weighted by Gasteiger charge is -2.28. The molecule has 0 saturated heterocycles. The van der Waals surface area contributed by atoms with E-state index in [1.165, 1.54) is 31.2 Å². The van der Waals surface area contributed by atoms with Gasteiger partial charge in [0.25, 0.3) is 0 Å². The highest BCUT2D eigenvalue weighted by molar-refractivity contribution is 14.0. The van der Waals surface area contributed by atoms with Crippen LogP contribution in [0.15, 0.2) is 29.3 Å². The van der Waals surface area contributed by atoms with Gasteiger partial charge < -0.3 is 15.5 Å². The van der Waals surface area contributed by atoms with E-state index in [1.54, 1.807) is 7.05 Å². The Morgan fingerprint density at radius 1 is 1.24 bits per heavy atom. The maximum Gasteiger partial charge on any atom is 0.246 e. The normalized spacial score (nSPS) is 22.8. The van der Waals surface area contributed by atoms with Crippen molar-refractivity contribution in [3.8, 4) is 0 Å². The van der Waals surface area contributed by atoms with Crippen molar-refractivity contribution in [2.24, 2.45) is 10.9 Å². The van der Waals surface area contributed by atoms with Crippen LogP contribution in [0.2, 0.25) is 0 Å². The van der Waals surface area contributed by atoms with Crippen LogP contribution in [-0.2, 0) is 11.2 Å². The number of carbonyl (C=O) groups excluding carboxylic acids is 1. The second-order valence-corrected chi connectivity index (χ2v) is 6.95. The second-order valence-electron chi connectivity index (χ2n) is 6.95. The van der Waals surface area contributed by atoms with E-state index >= 15 is 0 Å². The summed E-state index contributed by atoms with van der Waals surface area (Å²) in [4.78, 5) is 18.7. The Labute approximate surface area is 167 Å². The first-order chi connectivity index (χ1) is 11.7. The minimum absolute atomic E-state index is 0. The summed E-state index contributed by atoms with van der Waals surface area (Å²) in [5.74, 6) is 1.66. The average molecular weight is 456 g/mol. The van der Waals surface area contributed by atoms with Gasteiger partial charge in [-0.25, -0.2) is 0 Å². The van der Waals surface area contributed by atoms with Gasteiger partial charge in [-0.2, -0.15) is 0 Å². The van der Waals surface area contributed by atoms with Crippen LogP contribution >= 0.6 is 24.0 Å². The molecule has 1 heterocycles. The van der Waals surface area contributed by atoms with Gasteiger partial charge in [0.05, 0.1) is 6.54 Å². The van der Waals surface area contributed by atoms with Gasteiger partial charge in [-0.3, -0.25) is 9.79 Å². The Kier molecular flexibility index (Phi) is 7.53. The number of nitrogens with zero attached hydrogens (tertiary/aromatic N) is 2. The molecule has 0 atom stereocenters. The first-order valence-electron chi connectivity index (χ1n) is 9.03. The van der Waals surface area contributed by atoms with Crippen LogP contribution in [0.3, 0.4) is 0 Å². The third-order valence-electron chi connectivity index (χ3n) is 5.18. The zero-order chi connectivity index (χ0) is 16.9. The van der Waals surface area contributed by atoms with E-state index < -0.39 is 0 Å². The van der Waals surface area contributed by atoms with Crippen LogP contribution in [0, 0.1) is 5.92 Å². The number of nitrogens with one attached hydrogen (secondary N) is 2. The van der Waals surface area contributed by atoms with Crippen molar-refractivity contribution in [3.05, 3.63) is 29.8 Å². The molecule has 0 unspecified atom stereocenters. The minimum atomic E-state index is 0. The van der Waals surface area contributed by atoms with Gasteiger partial charge in [0, 0.05) is 25.3 Å². The second kappa shape index (κ2) is 9.40. The molecule has 5 nitrogen and oxygen atoms in total. The van der Waals surface area contributed by atoms with Crippen molar-refractivity contribution in [1.29, 1.82) is 0 Å². The Hall–Kier alpha value is -1.31. The van der Waals surface area contributed by atoms with Crippen LogP contribution in [-0.4, -0.2) is 38.0 Å². The third kappa shape index (κ3) is 5.09. The van der Waals surface area contributed by atoms with Crippen LogP contribution in [0.25, 0.3) is 0 Å². The molecule has 0 radical (unpaired) electrons. The molecule has 3 rings (SSSR count). The molecule has 0 aromatic heterocycles. The SMILES string of the molecule is CN=C(NCC(=O)N1CCc2ccccc21)NC1CCC(C)CC1.I. The van der Waals surface area contributed by atoms with E-state index in [4.69, 9.17) is 0 Å². The average Bonchev–Trinajstić information content (AvgIpc) is 3.04. The molecule has 6 heteroatoms. The molecule has 25 heavy (non-hydrogen) atoms. The van der Waals surface area contributed by atoms with Crippen LogP contribution in [0.1, 0.15) is 38.2 Å². The molecule has 1 aliphatic carbocycles. The van der Waals surface area contributed by atoms with Gasteiger partial charge in [-0.05, 0) is 49.7 Å². The zero-order valence-corrected chi connectivity index (χ0v) is 17.5. The summed E-state index contributed by atoms with van der Waals surface area (Å²) in [7, 11) is 1.76. The number of guanidine groups is 1. The van der Waals surface area contributed by atoms with E-state index in [-0.39, 0.29) is 36.4 Å². The topological polar surface area (TPSA) is 56.7 Å². The number of para-hydroxylation sites is 1. The maximum absolute atomic E-state index is 12.5. The Morgan fingerprint density at radius 2 is 1.96 bits per heavy atom. The summed E-state index contributed by atoms with van der Waals surface area (Å²) < 4.78 is 0. The van der Waals surface area contributed by atoms with Gasteiger partial charge in [0.2, 0.25) is 5.91 Å². The van der Waals surface area contributed by atoms with Crippen molar-refractivity contribution in [3.63, 3.8) is 0 Å². The van der Waals surface area contributed by atoms with Crippen molar-refractivity contribution in [2.45, 2.75) is 45.1 Å². The van der Waals surface area contributed by atoms with Gasteiger partial charge in [0.15, 0.2) is 5.96 Å². The molecule has 2 N–H and O–H groups in total. The molecule has 1 saturated carbocycles. The maximum atomic E-state index is 12.5. The molecule has 0 spiro atoms. The predicted molar refractivity (Wildman–Crippen MR) is 114 cm³/mol. The quantitative estimate of drug-likeness (QED) is 0.418. The number of fused-ring (bicyclic) bond motifs is 1. The van der Waals surface area contributed by atoms with Crippen molar-refractivity contribution >= 4 is 41.5 Å². The number of rotatable bonds is 3. The molecule has 2 aliphatic rings. The lowest BCUT2D eigenvalue weighted by Crippen LogP contribution is -2.48. The van der Waals surface area contributed by atoms with E-state index in [9.17, 15) is 4.79 Å². The van der Waals surface area contributed by atoms with E-state index in [0.717, 1.165) is 30.5 Å². The van der Waals surface area contributed by atoms with Crippen molar-refractivity contribution in [1.82, 2.24) is 10.6 Å². The fourth-order valence-electron chi connectivity index (χ4n) is 3.64. The number of amides is 1. The van der Waals surface area contributed by atoms with Gasteiger partial charge in [-0.1, -0.05) is 25.1 Å². The first kappa shape index (κ1) is 20.0. The molecule has 1 fully saturated rings. The summed E-state index contributed by atoms with van der Waals surface area (Å²) in [6.45, 7) is 3.36. The Morgan fingerprint density at radius 3 is 2.68 bits per heavy atom. The van der Waals surface area contributed by atoms with E-state index in [1.807, 2.05) is 23.1 Å². The molecule has 138 valence electrons. The summed E-state index contributed by atoms with van der Waals surface area (Å²) in [6.07, 6.45) is 5.82. The van der Waals surface area contributed by atoms with Crippen LogP contribution < -0.4 is 15.5 Å². The minimum Gasteiger partial charge on any atom is -0.354 e. The molecule has 1 amide bonds. The predicted octanol–water partition coefficient (Wildman–Crippen LogP) is 2.94. The van der Waals surface area contributed by atoms with Crippen molar-refractivity contribution in [2.75, 3.05) is 25.0 Å². The standard InChI is InChI=1S/C19H28N4O.HI/c1-14-7-9-16(10-8-14)22-19(20-2)21-13-18(24)23-12-11-15-5-3-4-6-17(15)23;/h3-6,14,16H,7-13H2,1-2H3,(H2,20,21,22);1H. The number of benzene rings is 1. The third-order valence-corrected chi connectivity index (χ3v) is 5.18. The largest absolute Gasteiger partial charge is 0.354 e. The molecular weight excluding hydrogens is 427 g/mol. The number of halogens is 1. The summed E-state index contributed by atoms with van der Waals surface area (Å²) >= 11 is 0. The number of carbonyl (C=O) groups is 1. The van der Waals surface area contributed by atoms with E-state index in [2.05, 4.69) is 28.6 Å². The van der Waals surface area contributed by atoms with Crippen LogP contribution in [0.4, 0.5) is 5.69 Å².